The van der Waals surface area contributed by atoms with Crippen LogP contribution >= 0.6 is 0 Å². The molecular formula is C16H11N3O5. The summed E-state index contributed by atoms with van der Waals surface area (Å²) in [5.74, 6) is -1.49. The van der Waals surface area contributed by atoms with Gasteiger partial charge in [0, 0.05) is 17.7 Å². The second-order valence-electron chi connectivity index (χ2n) is 4.63. The second-order valence-corrected chi connectivity index (χ2v) is 4.63. The van der Waals surface area contributed by atoms with Crippen LogP contribution in [0.15, 0.2) is 42.5 Å². The smallest absolute Gasteiger partial charge is 0.338 e. The summed E-state index contributed by atoms with van der Waals surface area (Å²) in [4.78, 5) is 34.2. The predicted molar refractivity (Wildman–Crippen MR) is 83.5 cm³/mol. The summed E-state index contributed by atoms with van der Waals surface area (Å²) in [6.07, 6.45) is 0. The van der Waals surface area contributed by atoms with E-state index in [-0.39, 0.29) is 22.4 Å². The minimum Gasteiger partial charge on any atom is -0.465 e. The van der Waals surface area contributed by atoms with Crippen molar-refractivity contribution in [2.45, 2.75) is 0 Å². The SMILES string of the molecule is COC(=O)c1cc(C(=O)Nc2ccccc2C#N)cc([N+](=O)[O-])c1. The van der Waals surface area contributed by atoms with Crippen LogP contribution in [-0.4, -0.2) is 23.9 Å². The van der Waals surface area contributed by atoms with Crippen molar-refractivity contribution >= 4 is 23.3 Å². The number of nitrogens with zero attached hydrogens (tertiary/aromatic N) is 2. The summed E-state index contributed by atoms with van der Waals surface area (Å²) in [5.41, 5.74) is -0.139. The largest absolute Gasteiger partial charge is 0.465 e. The van der Waals surface area contributed by atoms with Gasteiger partial charge in [0.25, 0.3) is 11.6 Å². The van der Waals surface area contributed by atoms with Crippen LogP contribution < -0.4 is 5.32 Å². The second kappa shape index (κ2) is 7.02. The van der Waals surface area contributed by atoms with Gasteiger partial charge in [0.1, 0.15) is 6.07 Å². The Morgan fingerprint density at radius 1 is 1.21 bits per heavy atom. The van der Waals surface area contributed by atoms with E-state index in [0.717, 1.165) is 19.2 Å². The standard InChI is InChI=1S/C16H11N3O5/c1-24-16(21)12-6-11(7-13(8-12)19(22)23)15(20)18-14-5-3-2-4-10(14)9-17/h2-8H,1H3,(H,18,20). The first kappa shape index (κ1) is 16.6. The first-order valence-corrected chi connectivity index (χ1v) is 6.64. The maximum Gasteiger partial charge on any atom is 0.338 e. The van der Waals surface area contributed by atoms with Crippen molar-refractivity contribution in [3.63, 3.8) is 0 Å². The number of hydrogen-bond acceptors (Lipinski definition) is 6. The van der Waals surface area contributed by atoms with Crippen LogP contribution in [0.3, 0.4) is 0 Å². The number of nitro groups is 1. The lowest BCUT2D eigenvalue weighted by Gasteiger charge is -2.08. The number of nitriles is 1. The summed E-state index contributed by atoms with van der Waals surface area (Å²) < 4.78 is 4.52. The number of rotatable bonds is 4. The van der Waals surface area contributed by atoms with E-state index in [9.17, 15) is 19.7 Å². The molecule has 0 spiro atoms. The third kappa shape index (κ3) is 3.53. The van der Waals surface area contributed by atoms with Crippen molar-refractivity contribution in [2.75, 3.05) is 12.4 Å². The molecule has 0 unspecified atom stereocenters. The fourth-order valence-electron chi connectivity index (χ4n) is 1.97. The van der Waals surface area contributed by atoms with Gasteiger partial charge in [-0.25, -0.2) is 4.79 Å². The number of esters is 1. The molecule has 24 heavy (non-hydrogen) atoms. The minimum absolute atomic E-state index is 0.0997. The third-order valence-corrected chi connectivity index (χ3v) is 3.11. The van der Waals surface area contributed by atoms with E-state index in [1.807, 2.05) is 6.07 Å². The Kier molecular flexibility index (Phi) is 4.87. The number of benzene rings is 2. The maximum atomic E-state index is 12.3. The number of methoxy groups -OCH3 is 1. The summed E-state index contributed by atoms with van der Waals surface area (Å²) in [5, 5.41) is 22.5. The molecule has 0 aliphatic carbocycles. The van der Waals surface area contributed by atoms with Crippen LogP contribution in [0.25, 0.3) is 0 Å². The van der Waals surface area contributed by atoms with Gasteiger partial charge < -0.3 is 10.1 Å². The van der Waals surface area contributed by atoms with Gasteiger partial charge in [-0.15, -0.1) is 0 Å². The predicted octanol–water partition coefficient (Wildman–Crippen LogP) is 2.51. The Bertz CT molecular complexity index is 870. The van der Waals surface area contributed by atoms with Gasteiger partial charge >= 0.3 is 5.97 Å². The molecule has 0 heterocycles. The molecule has 0 saturated heterocycles. The van der Waals surface area contributed by atoms with Crippen molar-refractivity contribution < 1.29 is 19.2 Å². The van der Waals surface area contributed by atoms with Gasteiger partial charge in [0.2, 0.25) is 0 Å². The van der Waals surface area contributed by atoms with E-state index in [1.165, 1.54) is 18.2 Å². The van der Waals surface area contributed by atoms with Crippen molar-refractivity contribution in [3.05, 3.63) is 69.3 Å². The Balaban J connectivity index is 2.41. The molecule has 8 nitrogen and oxygen atoms in total. The average Bonchev–Trinajstić information content (AvgIpc) is 2.60. The molecule has 0 radical (unpaired) electrons. The fraction of sp³-hybridized carbons (Fsp3) is 0.0625. The van der Waals surface area contributed by atoms with Gasteiger partial charge in [-0.05, 0) is 18.2 Å². The molecule has 0 aliphatic rings. The fourth-order valence-corrected chi connectivity index (χ4v) is 1.97. The number of hydrogen-bond donors (Lipinski definition) is 1. The van der Waals surface area contributed by atoms with Gasteiger partial charge in [-0.2, -0.15) is 5.26 Å². The van der Waals surface area contributed by atoms with E-state index in [0.29, 0.717) is 0 Å². The zero-order valence-corrected chi connectivity index (χ0v) is 12.5. The molecule has 2 aromatic rings. The van der Waals surface area contributed by atoms with Crippen LogP contribution in [0.2, 0.25) is 0 Å². The minimum atomic E-state index is -0.801. The number of para-hydroxylation sites is 1. The quantitative estimate of drug-likeness (QED) is 0.523. The van der Waals surface area contributed by atoms with Crippen LogP contribution in [0.4, 0.5) is 11.4 Å². The Morgan fingerprint density at radius 3 is 2.50 bits per heavy atom. The van der Waals surface area contributed by atoms with E-state index in [1.54, 1.807) is 12.1 Å². The van der Waals surface area contributed by atoms with E-state index in [2.05, 4.69) is 10.1 Å². The maximum absolute atomic E-state index is 12.3. The number of non-ortho nitro benzene ring substituents is 1. The van der Waals surface area contributed by atoms with Crippen molar-refractivity contribution in [1.82, 2.24) is 0 Å². The summed E-state index contributed by atoms with van der Waals surface area (Å²) >= 11 is 0. The Hall–Kier alpha value is -3.73. The normalized spacial score (nSPS) is 9.67. The lowest BCUT2D eigenvalue weighted by Crippen LogP contribution is -2.14. The van der Waals surface area contributed by atoms with Crippen LogP contribution in [0.5, 0.6) is 0 Å². The van der Waals surface area contributed by atoms with Gasteiger partial charge in [-0.1, -0.05) is 12.1 Å². The van der Waals surface area contributed by atoms with E-state index in [4.69, 9.17) is 5.26 Å². The molecule has 0 bridgehead atoms. The molecule has 0 atom stereocenters. The first-order chi connectivity index (χ1) is 11.5. The number of carbonyl (C=O) groups excluding carboxylic acids is 2. The Morgan fingerprint density at radius 2 is 1.88 bits per heavy atom. The topological polar surface area (TPSA) is 122 Å². The zero-order valence-electron chi connectivity index (χ0n) is 12.5. The lowest BCUT2D eigenvalue weighted by atomic mass is 10.1. The number of nitrogens with one attached hydrogen (secondary N) is 1. The number of amides is 1. The number of carbonyl (C=O) groups is 2. The zero-order chi connectivity index (χ0) is 17.7. The molecule has 120 valence electrons. The molecule has 2 rings (SSSR count). The van der Waals surface area contributed by atoms with Gasteiger partial charge in [0.15, 0.2) is 0 Å². The van der Waals surface area contributed by atoms with E-state index < -0.39 is 22.5 Å². The van der Waals surface area contributed by atoms with Gasteiger partial charge in [-0.3, -0.25) is 14.9 Å². The molecule has 8 heteroatoms. The first-order valence-electron chi connectivity index (χ1n) is 6.64. The summed E-state index contributed by atoms with van der Waals surface area (Å²) in [6.45, 7) is 0. The van der Waals surface area contributed by atoms with Crippen molar-refractivity contribution in [1.29, 1.82) is 5.26 Å². The van der Waals surface area contributed by atoms with Crippen molar-refractivity contribution in [2.24, 2.45) is 0 Å². The van der Waals surface area contributed by atoms with Crippen molar-refractivity contribution in [3.8, 4) is 6.07 Å². The summed E-state index contributed by atoms with van der Waals surface area (Å²) in [7, 11) is 1.13. The number of ether oxygens (including phenoxy) is 1. The summed E-state index contributed by atoms with van der Waals surface area (Å²) in [6, 6.07) is 11.5. The highest BCUT2D eigenvalue weighted by Gasteiger charge is 2.19. The van der Waals surface area contributed by atoms with Crippen LogP contribution in [0.1, 0.15) is 26.3 Å². The molecular weight excluding hydrogens is 314 g/mol. The van der Waals surface area contributed by atoms with E-state index >= 15 is 0 Å². The van der Waals surface area contributed by atoms with Crippen LogP contribution in [-0.2, 0) is 4.74 Å². The molecule has 0 aromatic heterocycles. The molecule has 2 aromatic carbocycles. The highest BCUT2D eigenvalue weighted by Crippen LogP contribution is 2.20. The third-order valence-electron chi connectivity index (χ3n) is 3.11. The number of nitro benzene ring substituents is 1. The highest BCUT2D eigenvalue weighted by atomic mass is 16.6. The number of anilines is 1. The Labute approximate surface area is 136 Å². The van der Waals surface area contributed by atoms with Crippen LogP contribution in [0, 0.1) is 21.4 Å². The average molecular weight is 325 g/mol. The monoisotopic (exact) mass is 325 g/mol. The molecule has 0 saturated carbocycles. The lowest BCUT2D eigenvalue weighted by molar-refractivity contribution is -0.384. The molecule has 1 amide bonds. The highest BCUT2D eigenvalue weighted by molar-refractivity contribution is 6.06. The van der Waals surface area contributed by atoms with Gasteiger partial charge in [0.05, 0.1) is 28.8 Å². The molecule has 1 N–H and O–H groups in total. The molecule has 0 aliphatic heterocycles. The molecule has 0 fully saturated rings.